The van der Waals surface area contributed by atoms with Crippen molar-refractivity contribution in [2.24, 2.45) is 0 Å². The SMILES string of the molecule is CC[C@@H](C)NC(=O)[C@H](C)N(Cc1cccc(OC)c1)C(=O)CN(c1cccc(OC)c1)S(=O)(=O)c1ccccc1. The van der Waals surface area contributed by atoms with Crippen molar-refractivity contribution in [2.75, 3.05) is 25.1 Å². The second kappa shape index (κ2) is 13.8. The fraction of sp³-hybridized carbons (Fsp3) is 0.333. The van der Waals surface area contributed by atoms with Gasteiger partial charge in [0.05, 0.1) is 24.8 Å². The standard InChI is InChI=1S/C30H37N3O6S/c1-6-22(2)31-30(35)23(3)32(20-24-12-10-14-26(18-24)38-4)29(34)21-33(25-13-11-15-27(19-25)39-5)40(36,37)28-16-8-7-9-17-28/h7-19,22-23H,6,20-21H2,1-5H3,(H,31,35)/t22-,23+/m1/s1. The third kappa shape index (κ3) is 7.53. The second-order valence-electron chi connectivity index (χ2n) is 9.39. The number of nitrogens with one attached hydrogen (secondary N) is 1. The Morgan fingerprint density at radius 3 is 2.12 bits per heavy atom. The molecule has 3 aromatic carbocycles. The minimum absolute atomic E-state index is 0.0347. The van der Waals surface area contributed by atoms with Crippen LogP contribution in [0.4, 0.5) is 5.69 Å². The van der Waals surface area contributed by atoms with E-state index in [4.69, 9.17) is 9.47 Å². The molecule has 0 saturated carbocycles. The summed E-state index contributed by atoms with van der Waals surface area (Å²) >= 11 is 0. The van der Waals surface area contributed by atoms with Crippen LogP contribution in [0.25, 0.3) is 0 Å². The predicted molar refractivity (Wildman–Crippen MR) is 155 cm³/mol. The number of nitrogens with zero attached hydrogens (tertiary/aromatic N) is 2. The van der Waals surface area contributed by atoms with Gasteiger partial charge < -0.3 is 19.7 Å². The van der Waals surface area contributed by atoms with Gasteiger partial charge in [0, 0.05) is 18.7 Å². The van der Waals surface area contributed by atoms with Crippen LogP contribution in [0.3, 0.4) is 0 Å². The van der Waals surface area contributed by atoms with Crippen molar-refractivity contribution in [3.05, 3.63) is 84.4 Å². The number of carbonyl (C=O) groups is 2. The molecule has 0 heterocycles. The van der Waals surface area contributed by atoms with Crippen LogP contribution >= 0.6 is 0 Å². The van der Waals surface area contributed by atoms with Gasteiger partial charge in [-0.3, -0.25) is 13.9 Å². The van der Waals surface area contributed by atoms with Gasteiger partial charge in [-0.1, -0.05) is 43.3 Å². The Morgan fingerprint density at radius 2 is 1.50 bits per heavy atom. The van der Waals surface area contributed by atoms with Crippen molar-refractivity contribution in [2.45, 2.75) is 50.7 Å². The van der Waals surface area contributed by atoms with E-state index in [0.29, 0.717) is 11.5 Å². The smallest absolute Gasteiger partial charge is 0.264 e. The average Bonchev–Trinajstić information content (AvgIpc) is 2.98. The number of hydrogen-bond acceptors (Lipinski definition) is 6. The Kier molecular flexibility index (Phi) is 10.6. The highest BCUT2D eigenvalue weighted by Crippen LogP contribution is 2.27. The molecule has 2 atom stereocenters. The highest BCUT2D eigenvalue weighted by atomic mass is 32.2. The summed E-state index contributed by atoms with van der Waals surface area (Å²) in [4.78, 5) is 28.6. The first-order valence-corrected chi connectivity index (χ1v) is 14.5. The van der Waals surface area contributed by atoms with Gasteiger partial charge in [0.25, 0.3) is 10.0 Å². The van der Waals surface area contributed by atoms with E-state index < -0.39 is 28.5 Å². The quantitative estimate of drug-likeness (QED) is 0.332. The van der Waals surface area contributed by atoms with E-state index in [2.05, 4.69) is 5.32 Å². The molecule has 0 aromatic heterocycles. The molecule has 0 saturated heterocycles. The summed E-state index contributed by atoms with van der Waals surface area (Å²) in [6, 6.07) is 20.6. The van der Waals surface area contributed by atoms with E-state index in [1.165, 1.54) is 24.1 Å². The van der Waals surface area contributed by atoms with Crippen molar-refractivity contribution in [1.29, 1.82) is 0 Å². The number of anilines is 1. The Morgan fingerprint density at radius 1 is 0.875 bits per heavy atom. The summed E-state index contributed by atoms with van der Waals surface area (Å²) in [6.07, 6.45) is 0.723. The molecular formula is C30H37N3O6S. The van der Waals surface area contributed by atoms with Gasteiger partial charge in [0.15, 0.2) is 0 Å². The van der Waals surface area contributed by atoms with Gasteiger partial charge in [0.1, 0.15) is 24.1 Å². The summed E-state index contributed by atoms with van der Waals surface area (Å²) in [5.74, 6) is 0.167. The molecule has 0 unspecified atom stereocenters. The topological polar surface area (TPSA) is 105 Å². The monoisotopic (exact) mass is 567 g/mol. The van der Waals surface area contributed by atoms with Crippen LogP contribution in [0.15, 0.2) is 83.8 Å². The lowest BCUT2D eigenvalue weighted by Crippen LogP contribution is -2.52. The lowest BCUT2D eigenvalue weighted by Gasteiger charge is -2.32. The first kappa shape index (κ1) is 30.5. The van der Waals surface area contributed by atoms with Crippen LogP contribution in [0.2, 0.25) is 0 Å². The first-order chi connectivity index (χ1) is 19.1. The Bertz CT molecular complexity index is 1400. The molecule has 0 aliphatic carbocycles. The van der Waals surface area contributed by atoms with Crippen molar-refractivity contribution >= 4 is 27.5 Å². The fourth-order valence-electron chi connectivity index (χ4n) is 4.03. The highest BCUT2D eigenvalue weighted by Gasteiger charge is 2.33. The molecule has 3 rings (SSSR count). The molecule has 214 valence electrons. The first-order valence-electron chi connectivity index (χ1n) is 13.0. The molecule has 10 heteroatoms. The number of amides is 2. The van der Waals surface area contributed by atoms with Crippen LogP contribution < -0.4 is 19.1 Å². The molecule has 1 N–H and O–H groups in total. The summed E-state index contributed by atoms with van der Waals surface area (Å²) in [5.41, 5.74) is 0.990. The summed E-state index contributed by atoms with van der Waals surface area (Å²) in [5, 5.41) is 2.92. The van der Waals surface area contributed by atoms with Gasteiger partial charge in [0.2, 0.25) is 11.8 Å². The molecule has 2 amide bonds. The maximum absolute atomic E-state index is 14.0. The molecule has 9 nitrogen and oxygen atoms in total. The average molecular weight is 568 g/mol. The summed E-state index contributed by atoms with van der Waals surface area (Å²) in [6.45, 7) is 5.01. The zero-order chi connectivity index (χ0) is 29.3. The number of benzene rings is 3. The molecule has 3 aromatic rings. The predicted octanol–water partition coefficient (Wildman–Crippen LogP) is 4.23. The number of rotatable bonds is 13. The zero-order valence-electron chi connectivity index (χ0n) is 23.5. The number of hydrogen-bond donors (Lipinski definition) is 1. The van der Waals surface area contributed by atoms with Gasteiger partial charge in [-0.15, -0.1) is 0 Å². The number of ether oxygens (including phenoxy) is 2. The maximum atomic E-state index is 14.0. The van der Waals surface area contributed by atoms with Crippen LogP contribution in [0.1, 0.15) is 32.8 Å². The van der Waals surface area contributed by atoms with Crippen LogP contribution in [0.5, 0.6) is 11.5 Å². The Labute approximate surface area is 236 Å². The van der Waals surface area contributed by atoms with Crippen LogP contribution in [0, 0.1) is 0 Å². The van der Waals surface area contributed by atoms with E-state index in [1.54, 1.807) is 74.7 Å². The van der Waals surface area contributed by atoms with Gasteiger partial charge in [-0.2, -0.15) is 0 Å². The number of sulfonamides is 1. The van der Waals surface area contributed by atoms with Crippen LogP contribution in [-0.4, -0.2) is 58.0 Å². The lowest BCUT2D eigenvalue weighted by molar-refractivity contribution is -0.139. The second-order valence-corrected chi connectivity index (χ2v) is 11.3. The van der Waals surface area contributed by atoms with Gasteiger partial charge in [-0.25, -0.2) is 8.42 Å². The Hall–Kier alpha value is -4.05. The largest absolute Gasteiger partial charge is 0.497 e. The summed E-state index contributed by atoms with van der Waals surface area (Å²) < 4.78 is 39.4. The fourth-order valence-corrected chi connectivity index (χ4v) is 5.46. The normalized spacial score (nSPS) is 12.6. The number of methoxy groups -OCH3 is 2. The molecule has 0 bridgehead atoms. The van der Waals surface area contributed by atoms with Gasteiger partial charge >= 0.3 is 0 Å². The van der Waals surface area contributed by atoms with Crippen molar-refractivity contribution < 1.29 is 27.5 Å². The van der Waals surface area contributed by atoms with E-state index in [0.717, 1.165) is 16.3 Å². The van der Waals surface area contributed by atoms with Crippen molar-refractivity contribution in [3.63, 3.8) is 0 Å². The molecular weight excluding hydrogens is 530 g/mol. The lowest BCUT2D eigenvalue weighted by atomic mass is 10.1. The third-order valence-electron chi connectivity index (χ3n) is 6.61. The van der Waals surface area contributed by atoms with E-state index in [-0.39, 0.29) is 29.1 Å². The van der Waals surface area contributed by atoms with E-state index in [1.807, 2.05) is 19.9 Å². The molecule has 0 aliphatic heterocycles. The Balaban J connectivity index is 2.04. The zero-order valence-corrected chi connectivity index (χ0v) is 24.4. The third-order valence-corrected chi connectivity index (χ3v) is 8.39. The molecule has 0 fully saturated rings. The maximum Gasteiger partial charge on any atom is 0.264 e. The van der Waals surface area contributed by atoms with E-state index in [9.17, 15) is 18.0 Å². The highest BCUT2D eigenvalue weighted by molar-refractivity contribution is 7.92. The minimum Gasteiger partial charge on any atom is -0.497 e. The van der Waals surface area contributed by atoms with Gasteiger partial charge in [-0.05, 0) is 62.2 Å². The molecule has 0 radical (unpaired) electrons. The van der Waals surface area contributed by atoms with Crippen molar-refractivity contribution in [1.82, 2.24) is 10.2 Å². The summed E-state index contributed by atoms with van der Waals surface area (Å²) in [7, 11) is -1.12. The molecule has 0 spiro atoms. The van der Waals surface area contributed by atoms with Crippen LogP contribution in [-0.2, 0) is 26.2 Å². The minimum atomic E-state index is -4.15. The molecule has 40 heavy (non-hydrogen) atoms. The van der Waals surface area contributed by atoms with Crippen molar-refractivity contribution in [3.8, 4) is 11.5 Å². The van der Waals surface area contributed by atoms with E-state index >= 15 is 0 Å². The molecule has 0 aliphatic rings. The number of carbonyl (C=O) groups excluding carboxylic acids is 2.